The van der Waals surface area contributed by atoms with Crippen LogP contribution in [-0.4, -0.2) is 43.0 Å². The number of hydrogen-bond acceptors (Lipinski definition) is 5. The van der Waals surface area contributed by atoms with Gasteiger partial charge in [0, 0.05) is 30.6 Å². The van der Waals surface area contributed by atoms with Crippen molar-refractivity contribution in [3.8, 4) is 0 Å². The lowest BCUT2D eigenvalue weighted by molar-refractivity contribution is -0.138. The number of thiophene rings is 1. The monoisotopic (exact) mass is 458 g/mol. The molecule has 2 aromatic rings. The van der Waals surface area contributed by atoms with Crippen LogP contribution >= 0.6 is 11.3 Å². The zero-order valence-electron chi connectivity index (χ0n) is 16.5. The number of likely N-dealkylation sites (tertiary alicyclic amines) is 1. The molecule has 1 aromatic heterocycles. The maximum absolute atomic E-state index is 14.2. The first-order chi connectivity index (χ1) is 14.6. The summed E-state index contributed by atoms with van der Waals surface area (Å²) in [5, 5.41) is 2.42. The van der Waals surface area contributed by atoms with Crippen LogP contribution in [0.3, 0.4) is 0 Å². The van der Waals surface area contributed by atoms with Crippen LogP contribution in [0.5, 0.6) is 0 Å². The summed E-state index contributed by atoms with van der Waals surface area (Å²) < 4.78 is 64.9. The lowest BCUT2D eigenvalue weighted by Crippen LogP contribution is -2.54. The van der Waals surface area contributed by atoms with Crippen LogP contribution < -0.4 is 5.32 Å². The highest BCUT2D eigenvalue weighted by Gasteiger charge is 2.40. The Morgan fingerprint density at radius 2 is 1.97 bits per heavy atom. The van der Waals surface area contributed by atoms with Crippen LogP contribution in [0, 0.1) is 5.82 Å². The average molecular weight is 458 g/mol. The maximum atomic E-state index is 14.2. The molecule has 6 nitrogen and oxygen atoms in total. The van der Waals surface area contributed by atoms with Gasteiger partial charge in [0.15, 0.2) is 0 Å². The van der Waals surface area contributed by atoms with E-state index in [0.717, 1.165) is 23.5 Å². The van der Waals surface area contributed by atoms with Gasteiger partial charge in [-0.15, -0.1) is 11.3 Å². The quantitative estimate of drug-likeness (QED) is 0.697. The minimum atomic E-state index is -4.92. The van der Waals surface area contributed by atoms with E-state index in [1.807, 2.05) is 0 Å². The first-order valence-corrected chi connectivity index (χ1v) is 10.2. The van der Waals surface area contributed by atoms with Crippen molar-refractivity contribution in [3.05, 3.63) is 51.1 Å². The van der Waals surface area contributed by atoms with Crippen LogP contribution in [0.25, 0.3) is 0 Å². The molecule has 1 aromatic carbocycles. The van der Waals surface area contributed by atoms with Gasteiger partial charge in [-0.3, -0.25) is 9.59 Å². The van der Waals surface area contributed by atoms with Gasteiger partial charge >= 0.3 is 6.18 Å². The van der Waals surface area contributed by atoms with Gasteiger partial charge in [0.2, 0.25) is 0 Å². The van der Waals surface area contributed by atoms with E-state index in [0.29, 0.717) is 29.6 Å². The fraction of sp³-hybridized carbons (Fsp3) is 0.400. The van der Waals surface area contributed by atoms with Gasteiger partial charge < -0.3 is 19.7 Å². The van der Waals surface area contributed by atoms with Gasteiger partial charge in [-0.05, 0) is 19.1 Å². The van der Waals surface area contributed by atoms with E-state index in [1.54, 1.807) is 6.92 Å². The first kappa shape index (κ1) is 21.7. The third kappa shape index (κ3) is 3.81. The maximum Gasteiger partial charge on any atom is 0.417 e. The summed E-state index contributed by atoms with van der Waals surface area (Å²) in [7, 11) is 1.53. The summed E-state index contributed by atoms with van der Waals surface area (Å²) in [5.74, 6) is -2.96. The van der Waals surface area contributed by atoms with Gasteiger partial charge in [0.1, 0.15) is 10.8 Å². The first-order valence-electron chi connectivity index (χ1n) is 9.38. The normalized spacial score (nSPS) is 18.6. The molecule has 2 aliphatic rings. The number of hydrogen-bond donors (Lipinski definition) is 1. The molecule has 1 saturated heterocycles. The lowest BCUT2D eigenvalue weighted by Gasteiger charge is -2.38. The Balaban J connectivity index is 1.70. The fourth-order valence-corrected chi connectivity index (χ4v) is 4.87. The van der Waals surface area contributed by atoms with Crippen molar-refractivity contribution >= 4 is 28.2 Å². The molecule has 0 aliphatic carbocycles. The van der Waals surface area contributed by atoms with Crippen molar-refractivity contribution in [2.45, 2.75) is 31.9 Å². The predicted octanol–water partition coefficient (Wildman–Crippen LogP) is 4.22. The average Bonchev–Trinajstić information content (AvgIpc) is 3.18. The second-order valence-corrected chi connectivity index (χ2v) is 8.38. The standard InChI is InChI=1S/C20H18F4N2O4S/c1-9-14-13(8-30-9)31-18(16(14)19(28)26-6-10(7-26)29-2)25-17(27)15-11(20(22,23)24)4-3-5-12(15)21/h3-5,9-10H,6-8H2,1-2H3,(H,25,27). The molecule has 166 valence electrons. The highest BCUT2D eigenvalue weighted by atomic mass is 32.1. The van der Waals surface area contributed by atoms with Crippen LogP contribution in [0.4, 0.5) is 22.6 Å². The van der Waals surface area contributed by atoms with E-state index in [1.165, 1.54) is 12.0 Å². The number of carbonyl (C=O) groups excluding carboxylic acids is 2. The predicted molar refractivity (Wildman–Crippen MR) is 104 cm³/mol. The number of benzene rings is 1. The zero-order valence-corrected chi connectivity index (χ0v) is 17.3. The van der Waals surface area contributed by atoms with Gasteiger partial charge in [-0.25, -0.2) is 4.39 Å². The molecule has 11 heteroatoms. The molecule has 2 aliphatic heterocycles. The number of anilines is 1. The SMILES string of the molecule is COC1CN(C(=O)c2c(NC(=O)c3c(F)cccc3C(F)(F)F)sc3c2C(C)OC3)C1. The molecule has 3 heterocycles. The summed E-state index contributed by atoms with van der Waals surface area (Å²) >= 11 is 1.04. The smallest absolute Gasteiger partial charge is 0.378 e. The number of ether oxygens (including phenoxy) is 2. The van der Waals surface area contributed by atoms with E-state index in [-0.39, 0.29) is 29.2 Å². The van der Waals surface area contributed by atoms with Gasteiger partial charge in [-0.1, -0.05) is 6.07 Å². The van der Waals surface area contributed by atoms with Crippen molar-refractivity contribution in [2.24, 2.45) is 0 Å². The van der Waals surface area contributed by atoms with E-state index >= 15 is 0 Å². The number of rotatable bonds is 4. The molecule has 2 amide bonds. The highest BCUT2D eigenvalue weighted by Crippen LogP contribution is 2.45. The number of carbonyl (C=O) groups is 2. The molecule has 31 heavy (non-hydrogen) atoms. The van der Waals surface area contributed by atoms with Crippen molar-refractivity contribution in [1.82, 2.24) is 4.90 Å². The Kier molecular flexibility index (Phi) is 5.52. The lowest BCUT2D eigenvalue weighted by atomic mass is 10.0. The van der Waals surface area contributed by atoms with Crippen molar-refractivity contribution in [3.63, 3.8) is 0 Å². The fourth-order valence-electron chi connectivity index (χ4n) is 3.68. The zero-order chi connectivity index (χ0) is 22.5. The Morgan fingerprint density at radius 1 is 1.26 bits per heavy atom. The Bertz CT molecular complexity index is 1050. The van der Waals surface area contributed by atoms with Gasteiger partial charge in [0.05, 0.1) is 35.5 Å². The second kappa shape index (κ2) is 7.88. The van der Waals surface area contributed by atoms with Crippen molar-refractivity contribution in [1.29, 1.82) is 0 Å². The summed E-state index contributed by atoms with van der Waals surface area (Å²) in [5.41, 5.74) is -1.74. The topological polar surface area (TPSA) is 67.9 Å². The largest absolute Gasteiger partial charge is 0.417 e. The molecule has 0 radical (unpaired) electrons. The number of halogens is 4. The van der Waals surface area contributed by atoms with Crippen LogP contribution in [0.2, 0.25) is 0 Å². The summed E-state index contributed by atoms with van der Waals surface area (Å²) in [6, 6.07) is 2.31. The minimum Gasteiger partial charge on any atom is -0.378 e. The summed E-state index contributed by atoms with van der Waals surface area (Å²) in [6.07, 6.45) is -5.44. The van der Waals surface area contributed by atoms with Crippen molar-refractivity contribution in [2.75, 3.05) is 25.5 Å². The van der Waals surface area contributed by atoms with Gasteiger partial charge in [-0.2, -0.15) is 13.2 Å². The molecule has 1 N–H and O–H groups in total. The van der Waals surface area contributed by atoms with E-state index < -0.39 is 35.1 Å². The third-order valence-corrected chi connectivity index (χ3v) is 6.44. The van der Waals surface area contributed by atoms with Gasteiger partial charge in [0.25, 0.3) is 11.8 Å². The Hall–Kier alpha value is -2.50. The third-order valence-electron chi connectivity index (χ3n) is 5.35. The Labute approximate surface area is 178 Å². The van der Waals surface area contributed by atoms with E-state index in [9.17, 15) is 27.2 Å². The van der Waals surface area contributed by atoms with Crippen LogP contribution in [0.1, 0.15) is 49.7 Å². The number of nitrogens with one attached hydrogen (secondary N) is 1. The summed E-state index contributed by atoms with van der Waals surface area (Å²) in [4.78, 5) is 28.0. The number of nitrogens with zero attached hydrogens (tertiary/aromatic N) is 1. The number of amides is 2. The molecule has 1 atom stereocenters. The van der Waals surface area contributed by atoms with E-state index in [4.69, 9.17) is 9.47 Å². The summed E-state index contributed by atoms with van der Waals surface area (Å²) in [6.45, 7) is 2.67. The van der Waals surface area contributed by atoms with Crippen LogP contribution in [-0.2, 0) is 22.3 Å². The second-order valence-electron chi connectivity index (χ2n) is 7.28. The molecular weight excluding hydrogens is 440 g/mol. The highest BCUT2D eigenvalue weighted by molar-refractivity contribution is 7.17. The molecule has 4 rings (SSSR count). The number of fused-ring (bicyclic) bond motifs is 1. The minimum absolute atomic E-state index is 0.0763. The Morgan fingerprint density at radius 3 is 2.61 bits per heavy atom. The molecule has 1 fully saturated rings. The molecule has 0 spiro atoms. The number of methoxy groups -OCH3 is 1. The molecular formula is C20H18F4N2O4S. The molecule has 0 bridgehead atoms. The van der Waals surface area contributed by atoms with Crippen molar-refractivity contribution < 1.29 is 36.6 Å². The molecule has 1 unspecified atom stereocenters. The van der Waals surface area contributed by atoms with Crippen LogP contribution in [0.15, 0.2) is 18.2 Å². The number of alkyl halides is 3. The van der Waals surface area contributed by atoms with E-state index in [2.05, 4.69) is 5.32 Å². The molecule has 0 saturated carbocycles.